The molecule has 3 aromatic rings. The summed E-state index contributed by atoms with van der Waals surface area (Å²) in [6, 6.07) is 14.0. The summed E-state index contributed by atoms with van der Waals surface area (Å²) in [6.45, 7) is 1.82. The number of methoxy groups -OCH3 is 1. The number of hydrogen-bond acceptors (Lipinski definition) is 6. The maximum absolute atomic E-state index is 11.2. The molecule has 0 saturated carbocycles. The average molecular weight is 342 g/mol. The van der Waals surface area contributed by atoms with Gasteiger partial charge < -0.3 is 4.74 Å². The molecule has 1 aromatic heterocycles. The molecule has 0 aliphatic carbocycles. The molecule has 1 heterocycles. The third-order valence-corrected chi connectivity index (χ3v) is 4.40. The van der Waals surface area contributed by atoms with Crippen LogP contribution in [0.15, 0.2) is 58.6 Å². The summed E-state index contributed by atoms with van der Waals surface area (Å²) in [6.07, 6.45) is 0. The fourth-order valence-electron chi connectivity index (χ4n) is 2.29. The smallest absolute Gasteiger partial charge is 0.283 e. The molecule has 3 rings (SSSR count). The minimum atomic E-state index is -0.404. The van der Waals surface area contributed by atoms with Gasteiger partial charge in [0.15, 0.2) is 0 Å². The van der Waals surface area contributed by atoms with Crippen LogP contribution >= 0.6 is 11.8 Å². The van der Waals surface area contributed by atoms with Crippen LogP contribution in [0.5, 0.6) is 5.75 Å². The van der Waals surface area contributed by atoms with E-state index >= 15 is 0 Å². The van der Waals surface area contributed by atoms with Crippen LogP contribution < -0.4 is 4.74 Å². The average Bonchev–Trinajstić information content (AvgIpc) is 2.95. The van der Waals surface area contributed by atoms with Crippen molar-refractivity contribution < 1.29 is 9.66 Å². The molecule has 0 N–H and O–H groups in total. The lowest BCUT2D eigenvalue weighted by Gasteiger charge is -2.12. The molecule has 0 fully saturated rings. The van der Waals surface area contributed by atoms with Crippen LogP contribution in [0, 0.1) is 17.0 Å². The van der Waals surface area contributed by atoms with Crippen molar-refractivity contribution in [1.29, 1.82) is 0 Å². The van der Waals surface area contributed by atoms with Crippen LogP contribution in [-0.2, 0) is 0 Å². The predicted octanol–water partition coefficient (Wildman–Crippen LogP) is 3.64. The largest absolute Gasteiger partial charge is 0.495 e. The number of ether oxygens (including phenoxy) is 1. The van der Waals surface area contributed by atoms with Gasteiger partial charge >= 0.3 is 0 Å². The lowest BCUT2D eigenvalue weighted by Crippen LogP contribution is -2.02. The summed E-state index contributed by atoms with van der Waals surface area (Å²) in [5, 5.41) is 20.0. The van der Waals surface area contributed by atoms with Crippen molar-refractivity contribution in [3.05, 3.63) is 64.5 Å². The van der Waals surface area contributed by atoms with Gasteiger partial charge in [0.1, 0.15) is 11.6 Å². The molecule has 24 heavy (non-hydrogen) atoms. The van der Waals surface area contributed by atoms with E-state index in [1.165, 1.54) is 17.8 Å². The predicted molar refractivity (Wildman–Crippen MR) is 89.9 cm³/mol. The molecule has 0 unspecified atom stereocenters. The number of rotatable bonds is 5. The van der Waals surface area contributed by atoms with Crippen molar-refractivity contribution in [3.63, 3.8) is 0 Å². The number of hydrogen-bond donors (Lipinski definition) is 0. The Labute approximate surface area is 142 Å². The van der Waals surface area contributed by atoms with Crippen molar-refractivity contribution in [3.8, 4) is 11.4 Å². The molecular weight excluding hydrogens is 328 g/mol. The Morgan fingerprint density at radius 3 is 2.58 bits per heavy atom. The van der Waals surface area contributed by atoms with Gasteiger partial charge in [-0.15, -0.1) is 10.2 Å². The zero-order valence-corrected chi connectivity index (χ0v) is 13.9. The van der Waals surface area contributed by atoms with E-state index in [1.807, 2.05) is 35.8 Å². The van der Waals surface area contributed by atoms with Gasteiger partial charge in [0.25, 0.3) is 5.69 Å². The Morgan fingerprint density at radius 1 is 1.12 bits per heavy atom. The van der Waals surface area contributed by atoms with Crippen molar-refractivity contribution in [1.82, 2.24) is 14.8 Å². The lowest BCUT2D eigenvalue weighted by molar-refractivity contribution is -0.387. The SMILES string of the molecule is COc1ccccc1-n1c(C)nnc1Sc1ccccc1[N+](=O)[O-]. The number of nitrogens with zero attached hydrogens (tertiary/aromatic N) is 4. The molecule has 0 saturated heterocycles. The van der Waals surface area contributed by atoms with E-state index < -0.39 is 4.92 Å². The second kappa shape index (κ2) is 6.71. The Kier molecular flexibility index (Phi) is 4.48. The highest BCUT2D eigenvalue weighted by Crippen LogP contribution is 2.36. The topological polar surface area (TPSA) is 83.1 Å². The molecule has 0 aliphatic rings. The highest BCUT2D eigenvalue weighted by atomic mass is 32.2. The van der Waals surface area contributed by atoms with Crippen LogP contribution in [0.4, 0.5) is 5.69 Å². The molecule has 2 aromatic carbocycles. The molecule has 0 aliphatic heterocycles. The molecule has 0 atom stereocenters. The van der Waals surface area contributed by atoms with Crippen LogP contribution in [0.3, 0.4) is 0 Å². The summed E-state index contributed by atoms with van der Waals surface area (Å²) in [5.41, 5.74) is 0.818. The summed E-state index contributed by atoms with van der Waals surface area (Å²) in [4.78, 5) is 11.3. The summed E-state index contributed by atoms with van der Waals surface area (Å²) < 4.78 is 7.22. The van der Waals surface area contributed by atoms with Gasteiger partial charge in [-0.3, -0.25) is 14.7 Å². The summed E-state index contributed by atoms with van der Waals surface area (Å²) in [5.74, 6) is 1.34. The number of nitro groups is 1. The first-order valence-corrected chi connectivity index (χ1v) is 7.90. The van der Waals surface area contributed by atoms with Crippen LogP contribution in [-0.4, -0.2) is 26.8 Å². The number of para-hydroxylation sites is 3. The molecule has 0 spiro atoms. The second-order valence-electron chi connectivity index (χ2n) is 4.86. The molecule has 0 radical (unpaired) electrons. The van der Waals surface area contributed by atoms with Gasteiger partial charge in [0, 0.05) is 6.07 Å². The lowest BCUT2D eigenvalue weighted by atomic mass is 10.3. The Hall–Kier alpha value is -2.87. The minimum absolute atomic E-state index is 0.0368. The molecule has 122 valence electrons. The van der Waals surface area contributed by atoms with Crippen molar-refractivity contribution >= 4 is 17.4 Å². The van der Waals surface area contributed by atoms with E-state index in [2.05, 4.69) is 10.2 Å². The number of nitro benzene ring substituents is 1. The van der Waals surface area contributed by atoms with E-state index in [0.29, 0.717) is 21.6 Å². The van der Waals surface area contributed by atoms with Crippen LogP contribution in [0.2, 0.25) is 0 Å². The van der Waals surface area contributed by atoms with Gasteiger partial charge in [-0.25, -0.2) is 0 Å². The Morgan fingerprint density at radius 2 is 1.83 bits per heavy atom. The number of benzene rings is 2. The van der Waals surface area contributed by atoms with E-state index in [9.17, 15) is 10.1 Å². The van der Waals surface area contributed by atoms with Gasteiger partial charge in [-0.2, -0.15) is 0 Å². The van der Waals surface area contributed by atoms with E-state index in [1.54, 1.807) is 25.3 Å². The van der Waals surface area contributed by atoms with Gasteiger partial charge in [0.2, 0.25) is 5.16 Å². The van der Waals surface area contributed by atoms with Crippen LogP contribution in [0.25, 0.3) is 5.69 Å². The normalized spacial score (nSPS) is 10.6. The van der Waals surface area contributed by atoms with E-state index in [4.69, 9.17) is 4.74 Å². The van der Waals surface area contributed by atoms with Crippen molar-refractivity contribution in [2.24, 2.45) is 0 Å². The maximum atomic E-state index is 11.2. The zero-order valence-electron chi connectivity index (χ0n) is 13.0. The molecule has 0 amide bonds. The fourth-order valence-corrected chi connectivity index (χ4v) is 3.29. The third kappa shape index (κ3) is 2.95. The Bertz CT molecular complexity index is 895. The van der Waals surface area contributed by atoms with E-state index in [-0.39, 0.29) is 5.69 Å². The van der Waals surface area contributed by atoms with Crippen molar-refractivity contribution in [2.75, 3.05) is 7.11 Å². The molecular formula is C16H14N4O3S. The molecule has 7 nitrogen and oxygen atoms in total. The van der Waals surface area contributed by atoms with Gasteiger partial charge in [0.05, 0.1) is 22.6 Å². The monoisotopic (exact) mass is 342 g/mol. The minimum Gasteiger partial charge on any atom is -0.495 e. The van der Waals surface area contributed by atoms with Gasteiger partial charge in [-0.1, -0.05) is 24.3 Å². The molecule has 0 bridgehead atoms. The number of aryl methyl sites for hydroxylation is 1. The standard InChI is InChI=1S/C16H14N4O3S/c1-11-17-18-16(19(11)12-7-3-5-9-14(12)23-2)24-15-10-6-4-8-13(15)20(21)22/h3-10H,1-2H3. The summed E-state index contributed by atoms with van der Waals surface area (Å²) >= 11 is 1.20. The Balaban J connectivity index is 2.08. The fraction of sp³-hybridized carbons (Fsp3) is 0.125. The first-order chi connectivity index (χ1) is 11.6. The van der Waals surface area contributed by atoms with Gasteiger partial charge in [-0.05, 0) is 36.9 Å². The molecule has 8 heteroatoms. The first-order valence-electron chi connectivity index (χ1n) is 7.08. The number of aromatic nitrogens is 3. The van der Waals surface area contributed by atoms with E-state index in [0.717, 1.165) is 5.69 Å². The van der Waals surface area contributed by atoms with Crippen LogP contribution in [0.1, 0.15) is 5.82 Å². The highest BCUT2D eigenvalue weighted by Gasteiger charge is 2.20. The zero-order chi connectivity index (χ0) is 17.1. The highest BCUT2D eigenvalue weighted by molar-refractivity contribution is 7.99. The first kappa shape index (κ1) is 16.0. The quantitative estimate of drug-likeness (QED) is 0.520. The van der Waals surface area contributed by atoms with Crippen molar-refractivity contribution in [2.45, 2.75) is 17.0 Å². The summed E-state index contributed by atoms with van der Waals surface area (Å²) in [7, 11) is 1.59. The third-order valence-electron chi connectivity index (χ3n) is 3.38. The maximum Gasteiger partial charge on any atom is 0.283 e. The second-order valence-corrected chi connectivity index (χ2v) is 5.87.